The highest BCUT2D eigenvalue weighted by Crippen LogP contribution is 2.51. The minimum Gasteiger partial charge on any atom is -0.505 e. The number of allylic oxidation sites excluding steroid dienone is 2. The zero-order valence-electron chi connectivity index (χ0n) is 22.8. The first-order valence-corrected chi connectivity index (χ1v) is 14.1. The fourth-order valence-corrected chi connectivity index (χ4v) is 6.65. The van der Waals surface area contributed by atoms with Gasteiger partial charge in [-0.1, -0.05) is 55.7 Å². The molecule has 7 nitrogen and oxygen atoms in total. The third-order valence-electron chi connectivity index (χ3n) is 8.50. The molecule has 0 radical (unpaired) electrons. The number of carbonyl (C=O) groups is 2. The third kappa shape index (κ3) is 5.25. The highest BCUT2D eigenvalue weighted by molar-refractivity contribution is 6.58. The van der Waals surface area contributed by atoms with Gasteiger partial charge in [0.05, 0.1) is 30.2 Å². The monoisotopic (exact) mass is 547 g/mol. The Kier molecular flexibility index (Phi) is 8.26. The second-order valence-electron chi connectivity index (χ2n) is 11.0. The van der Waals surface area contributed by atoms with Crippen molar-refractivity contribution in [2.24, 2.45) is 17.8 Å². The van der Waals surface area contributed by atoms with Crippen LogP contribution in [0.15, 0.2) is 59.2 Å². The number of carbonyl (C=O) groups excluding carboxylic acids is 2. The van der Waals surface area contributed by atoms with E-state index in [1.807, 2.05) is 6.08 Å². The number of ether oxygens (including phenoxy) is 1. The molecule has 2 heterocycles. The highest BCUT2D eigenvalue weighted by Gasteiger charge is 2.57. The van der Waals surface area contributed by atoms with Crippen LogP contribution in [0, 0.1) is 23.6 Å². The summed E-state index contributed by atoms with van der Waals surface area (Å²) in [6.07, 6.45) is 6.37. The molecular formula is C31H35BFNO6. The molecule has 2 aliphatic heterocycles. The number of hydrogen-bond donors (Lipinski definition) is 3. The third-order valence-corrected chi connectivity index (χ3v) is 8.50. The minimum atomic E-state index is -1.70. The maximum Gasteiger partial charge on any atom is 0.488 e. The molecule has 0 saturated carbocycles. The van der Waals surface area contributed by atoms with E-state index in [-0.39, 0.29) is 35.0 Å². The van der Waals surface area contributed by atoms with Gasteiger partial charge in [0, 0.05) is 5.92 Å². The number of imide groups is 1. The molecule has 0 unspecified atom stereocenters. The zero-order valence-corrected chi connectivity index (χ0v) is 22.8. The molecule has 2 fully saturated rings. The lowest BCUT2D eigenvalue weighted by molar-refractivity contribution is -0.122. The van der Waals surface area contributed by atoms with Crippen molar-refractivity contribution in [3.8, 4) is 5.75 Å². The second-order valence-corrected chi connectivity index (χ2v) is 11.0. The number of benzene rings is 2. The van der Waals surface area contributed by atoms with E-state index in [2.05, 4.69) is 13.8 Å². The summed E-state index contributed by atoms with van der Waals surface area (Å²) in [5, 5.41) is 28.7. The minimum absolute atomic E-state index is 0.150. The van der Waals surface area contributed by atoms with Crippen LogP contribution in [0.5, 0.6) is 5.75 Å². The molecule has 0 bridgehead atoms. The Morgan fingerprint density at radius 2 is 1.90 bits per heavy atom. The normalized spacial score (nSPS) is 24.5. The fourth-order valence-electron chi connectivity index (χ4n) is 6.65. The van der Waals surface area contributed by atoms with E-state index in [9.17, 15) is 29.1 Å². The first kappa shape index (κ1) is 28.3. The van der Waals surface area contributed by atoms with E-state index < -0.39 is 24.8 Å². The van der Waals surface area contributed by atoms with E-state index in [1.165, 1.54) is 34.7 Å². The first-order chi connectivity index (χ1) is 19.2. The second kappa shape index (κ2) is 11.7. The molecule has 0 spiro atoms. The van der Waals surface area contributed by atoms with Gasteiger partial charge in [0.15, 0.2) is 11.6 Å². The summed E-state index contributed by atoms with van der Waals surface area (Å²) < 4.78 is 20.2. The van der Waals surface area contributed by atoms with Crippen LogP contribution < -0.4 is 10.4 Å². The first-order valence-electron chi connectivity index (χ1n) is 14.1. The van der Waals surface area contributed by atoms with Crippen LogP contribution in [0.3, 0.4) is 0 Å². The van der Waals surface area contributed by atoms with Crippen molar-refractivity contribution < 1.29 is 33.9 Å². The largest absolute Gasteiger partial charge is 0.505 e. The van der Waals surface area contributed by atoms with Gasteiger partial charge in [-0.05, 0) is 73.0 Å². The molecular weight excluding hydrogens is 512 g/mol. The SMILES string of the molecule is CCC/C(=C\c1ccc(O)c(F)c1)CC[C@H]1OC[C@H]2C1=C(CC)C[C@H]1C(=O)N(c3cccc(B(O)O)c3)C(=O)[C@H]12. The van der Waals surface area contributed by atoms with Crippen LogP contribution in [-0.4, -0.2) is 46.8 Å². The summed E-state index contributed by atoms with van der Waals surface area (Å²) in [5.74, 6) is -2.66. The van der Waals surface area contributed by atoms with Crippen molar-refractivity contribution in [3.63, 3.8) is 0 Å². The Bertz CT molecular complexity index is 1370. The van der Waals surface area contributed by atoms with Crippen LogP contribution in [0.2, 0.25) is 0 Å². The number of phenolic OH excluding ortho intramolecular Hbond substituents is 1. The molecule has 4 atom stereocenters. The van der Waals surface area contributed by atoms with Gasteiger partial charge in [0.25, 0.3) is 0 Å². The van der Waals surface area contributed by atoms with Crippen molar-refractivity contribution in [1.29, 1.82) is 0 Å². The summed E-state index contributed by atoms with van der Waals surface area (Å²) >= 11 is 0. The summed E-state index contributed by atoms with van der Waals surface area (Å²) in [5.41, 5.74) is 4.76. The molecule has 2 aromatic rings. The fraction of sp³-hybridized carbons (Fsp3) is 0.419. The van der Waals surface area contributed by atoms with Crippen molar-refractivity contribution in [2.45, 2.75) is 58.5 Å². The van der Waals surface area contributed by atoms with Crippen molar-refractivity contribution in [1.82, 2.24) is 0 Å². The molecule has 9 heteroatoms. The molecule has 210 valence electrons. The van der Waals surface area contributed by atoms with Crippen LogP contribution in [0.1, 0.15) is 57.9 Å². The van der Waals surface area contributed by atoms with E-state index in [0.29, 0.717) is 24.3 Å². The molecule has 0 aromatic heterocycles. The Balaban J connectivity index is 1.37. The molecule has 40 heavy (non-hydrogen) atoms. The van der Waals surface area contributed by atoms with Gasteiger partial charge in [-0.25, -0.2) is 4.39 Å². The quantitative estimate of drug-likeness (QED) is 0.248. The average Bonchev–Trinajstić information content (AvgIpc) is 3.47. The lowest BCUT2D eigenvalue weighted by atomic mass is 9.69. The molecule has 5 rings (SSSR count). The maximum absolute atomic E-state index is 13.9. The number of anilines is 1. The summed E-state index contributed by atoms with van der Waals surface area (Å²) in [7, 11) is -1.70. The number of amides is 2. The van der Waals surface area contributed by atoms with E-state index in [4.69, 9.17) is 4.74 Å². The van der Waals surface area contributed by atoms with Crippen LogP contribution >= 0.6 is 0 Å². The number of phenols is 1. The topological polar surface area (TPSA) is 107 Å². The summed E-state index contributed by atoms with van der Waals surface area (Å²) in [6.45, 7) is 4.54. The van der Waals surface area contributed by atoms with Gasteiger partial charge in [-0.15, -0.1) is 0 Å². The maximum atomic E-state index is 13.9. The van der Waals surface area contributed by atoms with E-state index in [0.717, 1.165) is 43.3 Å². The number of aromatic hydroxyl groups is 1. The standard InChI is InChI=1S/C31H35BFNO6/c1-3-6-18(13-19-9-11-26(35)25(33)14-19)10-12-27-28-20(4-2)15-23-29(24(28)17-40-27)31(37)34(30(23)36)22-8-5-7-21(16-22)32(38)39/h5,7-9,11,13-14,16,23-24,27,29,35,38-39H,3-4,6,10,12,15,17H2,1-2H3/b18-13+/t23-,24+,27-,29-/m1/s1. The predicted molar refractivity (Wildman–Crippen MR) is 151 cm³/mol. The number of rotatable bonds is 9. The Hall–Kier alpha value is -3.27. The lowest BCUT2D eigenvalue weighted by Crippen LogP contribution is -2.35. The van der Waals surface area contributed by atoms with E-state index >= 15 is 0 Å². The lowest BCUT2D eigenvalue weighted by Gasteiger charge is -2.31. The zero-order chi connectivity index (χ0) is 28.6. The van der Waals surface area contributed by atoms with Gasteiger partial charge < -0.3 is 19.9 Å². The summed E-state index contributed by atoms with van der Waals surface area (Å²) in [4.78, 5) is 28.5. The van der Waals surface area contributed by atoms with Gasteiger partial charge in [0.2, 0.25) is 11.8 Å². The summed E-state index contributed by atoms with van der Waals surface area (Å²) in [6, 6.07) is 10.6. The van der Waals surface area contributed by atoms with E-state index in [1.54, 1.807) is 18.2 Å². The van der Waals surface area contributed by atoms with Gasteiger partial charge in [-0.2, -0.15) is 0 Å². The number of fused-ring (bicyclic) bond motifs is 3. The molecule has 1 aliphatic carbocycles. The predicted octanol–water partition coefficient (Wildman–Crippen LogP) is 4.11. The number of halogens is 1. The van der Waals surface area contributed by atoms with Gasteiger partial charge in [-0.3, -0.25) is 14.5 Å². The number of hydrogen-bond acceptors (Lipinski definition) is 6. The van der Waals surface area contributed by atoms with Crippen molar-refractivity contribution >= 4 is 36.2 Å². The average molecular weight is 547 g/mol. The van der Waals surface area contributed by atoms with Crippen molar-refractivity contribution in [2.75, 3.05) is 11.5 Å². The van der Waals surface area contributed by atoms with Gasteiger partial charge >= 0.3 is 7.12 Å². The Morgan fingerprint density at radius 1 is 1.10 bits per heavy atom. The van der Waals surface area contributed by atoms with Crippen LogP contribution in [0.25, 0.3) is 6.08 Å². The Morgan fingerprint density at radius 3 is 2.60 bits per heavy atom. The van der Waals surface area contributed by atoms with Crippen molar-refractivity contribution in [3.05, 3.63) is 70.6 Å². The smallest absolute Gasteiger partial charge is 0.488 e. The highest BCUT2D eigenvalue weighted by atomic mass is 19.1. The van der Waals surface area contributed by atoms with Crippen LogP contribution in [-0.2, 0) is 14.3 Å². The Labute approximate surface area is 234 Å². The number of nitrogens with zero attached hydrogens (tertiary/aromatic N) is 1. The molecule has 2 amide bonds. The molecule has 2 saturated heterocycles. The molecule has 3 aliphatic rings. The van der Waals surface area contributed by atoms with Crippen LogP contribution in [0.4, 0.5) is 10.1 Å². The molecule has 2 aromatic carbocycles. The van der Waals surface area contributed by atoms with Gasteiger partial charge in [0.1, 0.15) is 0 Å². The molecule has 3 N–H and O–H groups in total.